The van der Waals surface area contributed by atoms with Crippen molar-refractivity contribution in [3.05, 3.63) is 47.6 Å². The first-order valence-corrected chi connectivity index (χ1v) is 7.00. The van der Waals surface area contributed by atoms with Crippen molar-refractivity contribution in [2.75, 3.05) is 13.2 Å². The summed E-state index contributed by atoms with van der Waals surface area (Å²) in [5, 5.41) is 4.04. The van der Waals surface area contributed by atoms with E-state index in [1.807, 2.05) is 18.2 Å². The van der Waals surface area contributed by atoms with Gasteiger partial charge in [0.05, 0.1) is 0 Å². The lowest BCUT2D eigenvalue weighted by molar-refractivity contribution is 0.0400. The predicted octanol–water partition coefficient (Wildman–Crippen LogP) is 1.82. The summed E-state index contributed by atoms with van der Waals surface area (Å²) in [5.74, 6) is 1.27. The second kappa shape index (κ2) is 5.73. The number of aryl methyl sites for hydroxylation is 2. The van der Waals surface area contributed by atoms with Crippen molar-refractivity contribution in [2.45, 2.75) is 31.2 Å². The molecule has 0 aliphatic carbocycles. The maximum atomic E-state index is 6.32. The number of nitrogens with zero attached hydrogens (tertiary/aromatic N) is 2. The summed E-state index contributed by atoms with van der Waals surface area (Å²) in [7, 11) is 0. The van der Waals surface area contributed by atoms with Crippen molar-refractivity contribution in [2.24, 2.45) is 5.73 Å². The van der Waals surface area contributed by atoms with Gasteiger partial charge in [-0.1, -0.05) is 35.5 Å². The molecule has 1 aliphatic rings. The third kappa shape index (κ3) is 2.89. The van der Waals surface area contributed by atoms with Crippen molar-refractivity contribution >= 4 is 0 Å². The predicted molar refractivity (Wildman–Crippen MR) is 74.1 cm³/mol. The second-order valence-electron chi connectivity index (χ2n) is 5.27. The summed E-state index contributed by atoms with van der Waals surface area (Å²) in [6.07, 6.45) is 3.13. The van der Waals surface area contributed by atoms with E-state index in [0.29, 0.717) is 19.1 Å². The molecule has 20 heavy (non-hydrogen) atoms. The van der Waals surface area contributed by atoms with Crippen LogP contribution < -0.4 is 5.73 Å². The molecule has 5 nitrogen and oxygen atoms in total. The molecule has 3 rings (SSSR count). The number of rotatable bonds is 4. The zero-order chi connectivity index (χ0) is 13.8. The SMILES string of the molecule is NC1(c2nc(CCc3ccccc3)no2)CCOCC1. The minimum Gasteiger partial charge on any atom is -0.381 e. The Kier molecular flexibility index (Phi) is 3.80. The van der Waals surface area contributed by atoms with Crippen molar-refractivity contribution < 1.29 is 9.26 Å². The third-order valence-electron chi connectivity index (χ3n) is 3.76. The number of hydrogen-bond donors (Lipinski definition) is 1. The minimum atomic E-state index is -0.518. The van der Waals surface area contributed by atoms with Gasteiger partial charge in [-0.25, -0.2) is 0 Å². The van der Waals surface area contributed by atoms with Gasteiger partial charge in [-0.2, -0.15) is 4.98 Å². The normalized spacial score (nSPS) is 18.1. The van der Waals surface area contributed by atoms with Gasteiger partial charge >= 0.3 is 0 Å². The maximum absolute atomic E-state index is 6.32. The average molecular weight is 273 g/mol. The van der Waals surface area contributed by atoms with E-state index in [1.54, 1.807) is 0 Å². The van der Waals surface area contributed by atoms with E-state index in [1.165, 1.54) is 5.56 Å². The highest BCUT2D eigenvalue weighted by Gasteiger charge is 2.35. The summed E-state index contributed by atoms with van der Waals surface area (Å²) >= 11 is 0. The van der Waals surface area contributed by atoms with Gasteiger partial charge in [-0.3, -0.25) is 0 Å². The Labute approximate surface area is 118 Å². The Morgan fingerprint density at radius 2 is 1.85 bits per heavy atom. The molecule has 0 amide bonds. The molecule has 1 aromatic heterocycles. The van der Waals surface area contributed by atoms with Gasteiger partial charge in [0, 0.05) is 19.6 Å². The first-order valence-electron chi connectivity index (χ1n) is 7.00. The smallest absolute Gasteiger partial charge is 0.246 e. The molecule has 0 unspecified atom stereocenters. The summed E-state index contributed by atoms with van der Waals surface area (Å²) in [6, 6.07) is 10.3. The van der Waals surface area contributed by atoms with Gasteiger partial charge in [0.1, 0.15) is 5.54 Å². The summed E-state index contributed by atoms with van der Waals surface area (Å²) in [4.78, 5) is 4.46. The van der Waals surface area contributed by atoms with E-state index in [2.05, 4.69) is 22.3 Å². The molecule has 1 saturated heterocycles. The number of benzene rings is 1. The maximum Gasteiger partial charge on any atom is 0.246 e. The Hall–Kier alpha value is -1.72. The van der Waals surface area contributed by atoms with E-state index < -0.39 is 5.54 Å². The average Bonchev–Trinajstić information content (AvgIpc) is 2.97. The highest BCUT2D eigenvalue weighted by Crippen LogP contribution is 2.27. The minimum absolute atomic E-state index is 0.518. The van der Waals surface area contributed by atoms with E-state index in [0.717, 1.165) is 31.5 Å². The molecule has 2 N–H and O–H groups in total. The zero-order valence-corrected chi connectivity index (χ0v) is 11.4. The van der Waals surface area contributed by atoms with Crippen molar-refractivity contribution in [3.63, 3.8) is 0 Å². The molecule has 0 bridgehead atoms. The van der Waals surface area contributed by atoms with Gasteiger partial charge in [0.25, 0.3) is 0 Å². The van der Waals surface area contributed by atoms with Crippen LogP contribution in [0.2, 0.25) is 0 Å². The molecule has 2 aromatic rings. The van der Waals surface area contributed by atoms with Crippen LogP contribution in [0.1, 0.15) is 30.1 Å². The quantitative estimate of drug-likeness (QED) is 0.919. The Morgan fingerprint density at radius 3 is 2.60 bits per heavy atom. The highest BCUT2D eigenvalue weighted by atomic mass is 16.5. The van der Waals surface area contributed by atoms with Gasteiger partial charge in [0.15, 0.2) is 5.82 Å². The van der Waals surface area contributed by atoms with E-state index in [4.69, 9.17) is 15.0 Å². The number of nitrogens with two attached hydrogens (primary N) is 1. The summed E-state index contributed by atoms with van der Waals surface area (Å²) < 4.78 is 10.7. The molecule has 106 valence electrons. The number of hydrogen-bond acceptors (Lipinski definition) is 5. The van der Waals surface area contributed by atoms with E-state index in [9.17, 15) is 0 Å². The molecule has 0 atom stereocenters. The van der Waals surface area contributed by atoms with Crippen molar-refractivity contribution in [1.29, 1.82) is 0 Å². The molecule has 1 aromatic carbocycles. The Bertz CT molecular complexity index is 547. The Morgan fingerprint density at radius 1 is 1.10 bits per heavy atom. The molecule has 0 saturated carbocycles. The fraction of sp³-hybridized carbons (Fsp3) is 0.467. The fourth-order valence-corrected chi connectivity index (χ4v) is 2.41. The first kappa shape index (κ1) is 13.3. The topological polar surface area (TPSA) is 74.2 Å². The zero-order valence-electron chi connectivity index (χ0n) is 11.4. The van der Waals surface area contributed by atoms with E-state index in [-0.39, 0.29) is 0 Å². The molecule has 1 fully saturated rings. The van der Waals surface area contributed by atoms with Gasteiger partial charge in [-0.05, 0) is 24.8 Å². The number of ether oxygens (including phenoxy) is 1. The van der Waals surface area contributed by atoms with Crippen LogP contribution in [-0.2, 0) is 23.1 Å². The molecule has 0 radical (unpaired) electrons. The molecule has 1 aliphatic heterocycles. The highest BCUT2D eigenvalue weighted by molar-refractivity contribution is 5.15. The van der Waals surface area contributed by atoms with Gasteiger partial charge < -0.3 is 15.0 Å². The molecule has 0 spiro atoms. The standard InChI is InChI=1S/C15H19N3O2/c16-15(8-10-19-11-9-15)14-17-13(18-20-14)7-6-12-4-2-1-3-5-12/h1-5H,6-11,16H2. The second-order valence-corrected chi connectivity index (χ2v) is 5.27. The number of aromatic nitrogens is 2. The van der Waals surface area contributed by atoms with Crippen LogP contribution in [0, 0.1) is 0 Å². The lowest BCUT2D eigenvalue weighted by Gasteiger charge is -2.29. The third-order valence-corrected chi connectivity index (χ3v) is 3.76. The molecule has 5 heteroatoms. The van der Waals surface area contributed by atoms with Gasteiger partial charge in [0.2, 0.25) is 5.89 Å². The molecule has 2 heterocycles. The summed E-state index contributed by atoms with van der Waals surface area (Å²) in [5.41, 5.74) is 7.08. The van der Waals surface area contributed by atoms with Gasteiger partial charge in [-0.15, -0.1) is 0 Å². The van der Waals surface area contributed by atoms with Crippen LogP contribution in [0.15, 0.2) is 34.9 Å². The lowest BCUT2D eigenvalue weighted by Crippen LogP contribution is -2.42. The first-order chi connectivity index (χ1) is 9.76. The van der Waals surface area contributed by atoms with E-state index >= 15 is 0 Å². The van der Waals surface area contributed by atoms with Crippen LogP contribution in [0.4, 0.5) is 0 Å². The van der Waals surface area contributed by atoms with Crippen LogP contribution in [0.5, 0.6) is 0 Å². The van der Waals surface area contributed by atoms with Crippen molar-refractivity contribution in [3.8, 4) is 0 Å². The van der Waals surface area contributed by atoms with Crippen LogP contribution >= 0.6 is 0 Å². The lowest BCUT2D eigenvalue weighted by atomic mass is 9.91. The monoisotopic (exact) mass is 273 g/mol. The van der Waals surface area contributed by atoms with Crippen LogP contribution in [-0.4, -0.2) is 23.4 Å². The van der Waals surface area contributed by atoms with Crippen LogP contribution in [0.25, 0.3) is 0 Å². The fourth-order valence-electron chi connectivity index (χ4n) is 2.41. The largest absolute Gasteiger partial charge is 0.381 e. The van der Waals surface area contributed by atoms with Crippen molar-refractivity contribution in [1.82, 2.24) is 10.1 Å². The molecular formula is C15H19N3O2. The van der Waals surface area contributed by atoms with Crippen LogP contribution in [0.3, 0.4) is 0 Å². The molecular weight excluding hydrogens is 254 g/mol. The Balaban J connectivity index is 1.65. The summed E-state index contributed by atoms with van der Waals surface area (Å²) in [6.45, 7) is 1.30.